The zero-order valence-corrected chi connectivity index (χ0v) is 17.0. The summed E-state index contributed by atoms with van der Waals surface area (Å²) in [6, 6.07) is 18.2. The van der Waals surface area contributed by atoms with Crippen LogP contribution in [-0.4, -0.2) is 30.4 Å². The van der Waals surface area contributed by atoms with Gasteiger partial charge in [-0.2, -0.15) is 0 Å². The van der Waals surface area contributed by atoms with Crippen LogP contribution in [0.4, 0.5) is 5.69 Å². The van der Waals surface area contributed by atoms with Crippen LogP contribution in [0.25, 0.3) is 0 Å². The van der Waals surface area contributed by atoms with Crippen LogP contribution in [0.5, 0.6) is 0 Å². The summed E-state index contributed by atoms with van der Waals surface area (Å²) in [5.74, 6) is -0.00827. The minimum atomic E-state index is -0.00827. The third kappa shape index (κ3) is 8.56. The minimum Gasteiger partial charge on any atom is -0.376 e. The maximum absolute atomic E-state index is 11.9. The fourth-order valence-electron chi connectivity index (χ4n) is 2.47. The number of nitrogens with one attached hydrogen (secondary N) is 2. The van der Waals surface area contributed by atoms with Crippen LogP contribution in [0.1, 0.15) is 25.0 Å². The number of hydrogen-bond acceptors (Lipinski definition) is 3. The van der Waals surface area contributed by atoms with Gasteiger partial charge in [0.15, 0.2) is 0 Å². The van der Waals surface area contributed by atoms with E-state index in [1.54, 1.807) is 0 Å². The lowest BCUT2D eigenvalue weighted by Crippen LogP contribution is -2.29. The summed E-state index contributed by atoms with van der Waals surface area (Å²) in [5.41, 5.74) is 3.37. The van der Waals surface area contributed by atoms with Crippen LogP contribution in [0, 0.1) is 0 Å². The van der Waals surface area contributed by atoms with Gasteiger partial charge in [-0.15, -0.1) is 24.8 Å². The number of hydrogen-bond donors (Lipinski definition) is 2. The molecule has 2 aromatic rings. The zero-order chi connectivity index (χ0) is 17.2. The lowest BCUT2D eigenvalue weighted by atomic mass is 10.1. The Bertz CT molecular complexity index is 617. The quantitative estimate of drug-likeness (QED) is 0.669. The number of para-hydroxylation sites is 1. The van der Waals surface area contributed by atoms with E-state index >= 15 is 0 Å². The van der Waals surface area contributed by atoms with Gasteiger partial charge >= 0.3 is 0 Å². The van der Waals surface area contributed by atoms with Crippen molar-refractivity contribution in [3.63, 3.8) is 0 Å². The number of carbonyl (C=O) groups is 1. The van der Waals surface area contributed by atoms with E-state index in [2.05, 4.69) is 53.6 Å². The van der Waals surface area contributed by atoms with Crippen molar-refractivity contribution >= 4 is 36.4 Å². The van der Waals surface area contributed by atoms with Gasteiger partial charge in [0.05, 0.1) is 6.54 Å². The highest BCUT2D eigenvalue weighted by Gasteiger charge is 2.03. The first-order valence-electron chi connectivity index (χ1n) is 8.57. The van der Waals surface area contributed by atoms with E-state index in [9.17, 15) is 4.79 Å². The first-order chi connectivity index (χ1) is 11.7. The first kappa shape index (κ1) is 24.2. The third-order valence-electron chi connectivity index (χ3n) is 4.04. The number of rotatable bonds is 9. The molecule has 6 heteroatoms. The molecule has 0 aliphatic rings. The maximum Gasteiger partial charge on any atom is 0.239 e. The molecule has 144 valence electrons. The Balaban J connectivity index is 0.00000312. The molecular weight excluding hydrogens is 369 g/mol. The number of carbonyl (C=O) groups excluding carboxylic acids is 1. The smallest absolute Gasteiger partial charge is 0.239 e. The van der Waals surface area contributed by atoms with Crippen LogP contribution >= 0.6 is 24.8 Å². The Morgan fingerprint density at radius 1 is 0.885 bits per heavy atom. The van der Waals surface area contributed by atoms with Gasteiger partial charge in [0.2, 0.25) is 5.91 Å². The Hall–Kier alpha value is -1.75. The molecule has 0 aromatic heterocycles. The van der Waals surface area contributed by atoms with E-state index < -0.39 is 0 Å². The van der Waals surface area contributed by atoms with Crippen molar-refractivity contribution in [1.82, 2.24) is 10.2 Å². The molecule has 0 atom stereocenters. The topological polar surface area (TPSA) is 44.4 Å². The molecule has 2 N–H and O–H groups in total. The second-order valence-corrected chi connectivity index (χ2v) is 5.77. The van der Waals surface area contributed by atoms with E-state index in [-0.39, 0.29) is 37.3 Å². The summed E-state index contributed by atoms with van der Waals surface area (Å²) >= 11 is 0. The van der Waals surface area contributed by atoms with Crippen molar-refractivity contribution in [3.05, 3.63) is 65.7 Å². The fraction of sp³-hybridized carbons (Fsp3) is 0.350. The normalized spacial score (nSPS) is 9.81. The van der Waals surface area contributed by atoms with Gasteiger partial charge in [0, 0.05) is 18.8 Å². The average Bonchev–Trinajstić information content (AvgIpc) is 2.64. The van der Waals surface area contributed by atoms with Gasteiger partial charge in [0.1, 0.15) is 0 Å². The Morgan fingerprint density at radius 2 is 1.46 bits per heavy atom. The van der Waals surface area contributed by atoms with Gasteiger partial charge < -0.3 is 10.6 Å². The van der Waals surface area contributed by atoms with Gasteiger partial charge in [-0.25, -0.2) is 0 Å². The molecule has 1 amide bonds. The van der Waals surface area contributed by atoms with Gasteiger partial charge in [0.25, 0.3) is 0 Å². The van der Waals surface area contributed by atoms with Crippen molar-refractivity contribution in [2.75, 3.05) is 25.0 Å². The summed E-state index contributed by atoms with van der Waals surface area (Å²) in [6.07, 6.45) is 0. The Kier molecular flexibility index (Phi) is 12.5. The second-order valence-electron chi connectivity index (χ2n) is 5.77. The fourth-order valence-corrected chi connectivity index (χ4v) is 2.47. The van der Waals surface area contributed by atoms with Crippen LogP contribution in [0.3, 0.4) is 0 Å². The monoisotopic (exact) mass is 397 g/mol. The highest BCUT2D eigenvalue weighted by atomic mass is 35.5. The molecule has 0 radical (unpaired) electrons. The van der Waals surface area contributed by atoms with E-state index in [1.165, 1.54) is 5.56 Å². The van der Waals surface area contributed by atoms with Crippen LogP contribution in [-0.2, 0) is 17.9 Å². The maximum atomic E-state index is 11.9. The van der Waals surface area contributed by atoms with Gasteiger partial charge in [-0.05, 0) is 36.3 Å². The van der Waals surface area contributed by atoms with E-state index in [1.807, 2.05) is 30.3 Å². The molecule has 0 fully saturated rings. The van der Waals surface area contributed by atoms with Crippen molar-refractivity contribution < 1.29 is 4.79 Å². The summed E-state index contributed by atoms with van der Waals surface area (Å²) in [5, 5.41) is 6.05. The molecule has 0 spiro atoms. The third-order valence-corrected chi connectivity index (χ3v) is 4.04. The van der Waals surface area contributed by atoms with E-state index in [0.29, 0.717) is 6.54 Å². The molecule has 0 aliphatic carbocycles. The molecule has 4 nitrogen and oxygen atoms in total. The highest BCUT2D eigenvalue weighted by Crippen LogP contribution is 2.08. The number of amides is 1. The SMILES string of the molecule is CCN(CC)Cc1ccc(CNC(=O)CNc2ccccc2)cc1.Cl.Cl. The number of anilines is 1. The van der Waals surface area contributed by atoms with Crippen molar-refractivity contribution in [2.45, 2.75) is 26.9 Å². The molecule has 26 heavy (non-hydrogen) atoms. The second kappa shape index (κ2) is 13.5. The average molecular weight is 398 g/mol. The van der Waals surface area contributed by atoms with Crippen molar-refractivity contribution in [2.24, 2.45) is 0 Å². The molecule has 0 aliphatic heterocycles. The number of halogens is 2. The van der Waals surface area contributed by atoms with Crippen LogP contribution < -0.4 is 10.6 Å². The standard InChI is InChI=1S/C20H27N3O.2ClH/c1-3-23(4-2)16-18-12-10-17(11-13-18)14-22-20(24)15-21-19-8-6-5-7-9-19;;/h5-13,21H,3-4,14-16H2,1-2H3,(H,22,24);2*1H. The van der Waals surface area contributed by atoms with E-state index in [4.69, 9.17) is 0 Å². The Morgan fingerprint density at radius 3 is 2.04 bits per heavy atom. The lowest BCUT2D eigenvalue weighted by Gasteiger charge is -2.18. The predicted molar refractivity (Wildman–Crippen MR) is 114 cm³/mol. The predicted octanol–water partition coefficient (Wildman–Crippen LogP) is 4.10. The van der Waals surface area contributed by atoms with Gasteiger partial charge in [-0.1, -0.05) is 56.3 Å². The summed E-state index contributed by atoms with van der Waals surface area (Å²) in [7, 11) is 0. The molecule has 0 saturated heterocycles. The summed E-state index contributed by atoms with van der Waals surface area (Å²) in [6.45, 7) is 8.28. The molecule has 0 heterocycles. The highest BCUT2D eigenvalue weighted by molar-refractivity contribution is 5.85. The largest absolute Gasteiger partial charge is 0.376 e. The Labute approximate surface area is 169 Å². The van der Waals surface area contributed by atoms with Crippen molar-refractivity contribution in [1.29, 1.82) is 0 Å². The van der Waals surface area contributed by atoms with Crippen LogP contribution in [0.15, 0.2) is 54.6 Å². The van der Waals surface area contributed by atoms with Crippen LogP contribution in [0.2, 0.25) is 0 Å². The molecule has 0 saturated carbocycles. The minimum absolute atomic E-state index is 0. The summed E-state index contributed by atoms with van der Waals surface area (Å²) < 4.78 is 0. The molecule has 2 rings (SSSR count). The van der Waals surface area contributed by atoms with Gasteiger partial charge in [-0.3, -0.25) is 9.69 Å². The molecule has 0 unspecified atom stereocenters. The zero-order valence-electron chi connectivity index (χ0n) is 15.4. The molecular formula is C20H29Cl2N3O. The first-order valence-corrected chi connectivity index (χ1v) is 8.57. The van der Waals surface area contributed by atoms with Crippen molar-refractivity contribution in [3.8, 4) is 0 Å². The lowest BCUT2D eigenvalue weighted by molar-refractivity contribution is -0.119. The summed E-state index contributed by atoms with van der Waals surface area (Å²) in [4.78, 5) is 14.3. The van der Waals surface area contributed by atoms with E-state index in [0.717, 1.165) is 30.9 Å². The number of nitrogens with zero attached hydrogens (tertiary/aromatic N) is 1. The molecule has 2 aromatic carbocycles. The molecule has 0 bridgehead atoms. The number of benzene rings is 2.